The lowest BCUT2D eigenvalue weighted by atomic mass is 9.81. The van der Waals surface area contributed by atoms with Crippen LogP contribution in [-0.4, -0.2) is 30.9 Å². The summed E-state index contributed by atoms with van der Waals surface area (Å²) in [5.41, 5.74) is -4.12. The molecular formula is C29H29Cl2F6N3O2. The Morgan fingerprint density at radius 3 is 1.79 bits per heavy atom. The molecule has 0 unspecified atom stereocenters. The van der Waals surface area contributed by atoms with Gasteiger partial charge in [-0.25, -0.2) is 4.98 Å². The van der Waals surface area contributed by atoms with Gasteiger partial charge in [0.2, 0.25) is 11.8 Å². The van der Waals surface area contributed by atoms with Crippen molar-refractivity contribution in [3.63, 3.8) is 0 Å². The van der Waals surface area contributed by atoms with Crippen molar-refractivity contribution in [2.24, 2.45) is 5.92 Å². The minimum Gasteiger partial charge on any atom is -0.359 e. The molecule has 3 aromatic rings. The number of hydrogen-bond donors (Lipinski definition) is 1. The van der Waals surface area contributed by atoms with Gasteiger partial charge in [-0.3, -0.25) is 9.59 Å². The van der Waals surface area contributed by atoms with Crippen LogP contribution in [-0.2, 0) is 27.4 Å². The Kier molecular flexibility index (Phi) is 11.1. The van der Waals surface area contributed by atoms with Gasteiger partial charge in [0, 0.05) is 36.2 Å². The molecule has 42 heavy (non-hydrogen) atoms. The highest BCUT2D eigenvalue weighted by Crippen LogP contribution is 2.41. The van der Waals surface area contributed by atoms with Crippen LogP contribution in [0.3, 0.4) is 0 Å². The molecule has 13 heteroatoms. The lowest BCUT2D eigenvalue weighted by Gasteiger charge is -2.32. The summed E-state index contributed by atoms with van der Waals surface area (Å²) in [6.45, 7) is 6.22. The van der Waals surface area contributed by atoms with E-state index in [-0.39, 0.29) is 28.7 Å². The van der Waals surface area contributed by atoms with E-state index in [1.165, 1.54) is 33.2 Å². The summed E-state index contributed by atoms with van der Waals surface area (Å²) in [6, 6.07) is 9.26. The molecule has 2 aromatic carbocycles. The van der Waals surface area contributed by atoms with Crippen LogP contribution in [0.2, 0.25) is 10.2 Å². The maximum absolute atomic E-state index is 13.5. The second-order valence-corrected chi connectivity index (χ2v) is 10.9. The van der Waals surface area contributed by atoms with E-state index in [9.17, 15) is 35.9 Å². The number of rotatable bonds is 5. The van der Waals surface area contributed by atoms with Gasteiger partial charge >= 0.3 is 12.4 Å². The Balaban J connectivity index is 0.000000782. The third-order valence-corrected chi connectivity index (χ3v) is 6.83. The van der Waals surface area contributed by atoms with Crippen molar-refractivity contribution in [3.05, 3.63) is 81.6 Å². The van der Waals surface area contributed by atoms with Crippen LogP contribution in [0.15, 0.2) is 54.7 Å². The number of anilines is 1. The molecule has 228 valence electrons. The summed E-state index contributed by atoms with van der Waals surface area (Å²) in [4.78, 5) is 29.0. The van der Waals surface area contributed by atoms with Crippen molar-refractivity contribution in [1.82, 2.24) is 10.3 Å². The van der Waals surface area contributed by atoms with Gasteiger partial charge in [0.25, 0.3) is 0 Å². The summed E-state index contributed by atoms with van der Waals surface area (Å²) in [7, 11) is 2.98. The molecule has 0 aliphatic heterocycles. The summed E-state index contributed by atoms with van der Waals surface area (Å²) < 4.78 is 80.2. The lowest BCUT2D eigenvalue weighted by molar-refractivity contribution is -0.143. The van der Waals surface area contributed by atoms with Crippen LogP contribution in [0.4, 0.5) is 32.0 Å². The number of amides is 2. The number of benzene rings is 2. The highest BCUT2D eigenvalue weighted by molar-refractivity contribution is 6.34. The van der Waals surface area contributed by atoms with Crippen LogP contribution >= 0.6 is 23.2 Å². The fourth-order valence-corrected chi connectivity index (χ4v) is 4.24. The highest BCUT2D eigenvalue weighted by Gasteiger charge is 2.41. The molecule has 1 aromatic heterocycles. The molecule has 0 aliphatic carbocycles. The Bertz CT molecular complexity index is 1410. The minimum atomic E-state index is -5.04. The van der Waals surface area contributed by atoms with Crippen molar-refractivity contribution in [2.45, 2.75) is 45.5 Å². The zero-order chi connectivity index (χ0) is 32.2. The molecule has 3 rings (SSSR count). The van der Waals surface area contributed by atoms with Gasteiger partial charge in [0.15, 0.2) is 0 Å². The van der Waals surface area contributed by atoms with E-state index in [2.05, 4.69) is 10.3 Å². The average molecular weight is 636 g/mol. The number of likely N-dealkylation sites (N-methyl/N-ethyl adjacent to an activating group) is 1. The third-order valence-electron chi connectivity index (χ3n) is 6.29. The van der Waals surface area contributed by atoms with E-state index in [0.717, 1.165) is 4.90 Å². The van der Waals surface area contributed by atoms with Gasteiger partial charge in [-0.1, -0.05) is 55.2 Å². The SMILES string of the molecule is CN(C(=O)C(C)(C)c1cc(C(F)(F)F)cc(C(F)(F)F)c1)c1cnc(Cl)cc1-c1ccccc1Cl.CNC(=O)C(C)C. The predicted molar refractivity (Wildman–Crippen MR) is 151 cm³/mol. The van der Waals surface area contributed by atoms with Crippen LogP contribution < -0.4 is 10.2 Å². The predicted octanol–water partition coefficient (Wildman–Crippen LogP) is 8.42. The average Bonchev–Trinajstić information content (AvgIpc) is 2.91. The van der Waals surface area contributed by atoms with E-state index in [1.54, 1.807) is 31.3 Å². The molecular weight excluding hydrogens is 607 g/mol. The second kappa shape index (κ2) is 13.3. The number of pyridine rings is 1. The normalized spacial score (nSPS) is 12.0. The quantitative estimate of drug-likeness (QED) is 0.226. The fourth-order valence-electron chi connectivity index (χ4n) is 3.84. The molecule has 0 fully saturated rings. The molecule has 0 saturated heterocycles. The smallest absolute Gasteiger partial charge is 0.359 e. The Morgan fingerprint density at radius 1 is 0.857 bits per heavy atom. The van der Waals surface area contributed by atoms with Gasteiger partial charge in [-0.05, 0) is 49.7 Å². The third kappa shape index (κ3) is 8.38. The summed E-state index contributed by atoms with van der Waals surface area (Å²) in [5, 5.41) is 2.96. The molecule has 0 radical (unpaired) electrons. The molecule has 0 bridgehead atoms. The standard InChI is InChI=1S/C24H18Cl2F6N2O.C5H11NO/c1-22(2,13-8-14(23(27,28)29)10-15(9-13)24(30,31)32)21(35)34(3)19-12-33-20(26)11-17(19)16-6-4-5-7-18(16)25;1-4(2)5(7)6-3/h4-12H,1-3H3;4H,1-3H3,(H,6,7). The van der Waals surface area contributed by atoms with Gasteiger partial charge in [0.05, 0.1) is 28.4 Å². The number of nitrogens with zero attached hydrogens (tertiary/aromatic N) is 2. The lowest BCUT2D eigenvalue weighted by Crippen LogP contribution is -2.42. The molecule has 0 aliphatic rings. The number of nitrogens with one attached hydrogen (secondary N) is 1. The van der Waals surface area contributed by atoms with Crippen molar-refractivity contribution in [3.8, 4) is 11.1 Å². The van der Waals surface area contributed by atoms with E-state index in [1.807, 2.05) is 13.8 Å². The zero-order valence-corrected chi connectivity index (χ0v) is 25.0. The van der Waals surface area contributed by atoms with Crippen molar-refractivity contribution in [2.75, 3.05) is 19.0 Å². The van der Waals surface area contributed by atoms with Gasteiger partial charge in [-0.15, -0.1) is 0 Å². The molecule has 1 heterocycles. The zero-order valence-electron chi connectivity index (χ0n) is 23.5. The monoisotopic (exact) mass is 635 g/mol. The van der Waals surface area contributed by atoms with E-state index >= 15 is 0 Å². The molecule has 2 amide bonds. The first kappa shape index (κ1) is 34.9. The summed E-state index contributed by atoms with van der Waals surface area (Å²) >= 11 is 12.3. The number of halogens is 8. The van der Waals surface area contributed by atoms with Crippen LogP contribution in [0, 0.1) is 5.92 Å². The topological polar surface area (TPSA) is 62.3 Å². The van der Waals surface area contributed by atoms with Crippen LogP contribution in [0.25, 0.3) is 11.1 Å². The Hall–Kier alpha value is -3.31. The minimum absolute atomic E-state index is 0.0202. The van der Waals surface area contributed by atoms with Gasteiger partial charge in [0.1, 0.15) is 5.15 Å². The number of carbonyl (C=O) groups is 2. The van der Waals surface area contributed by atoms with Crippen LogP contribution in [0.1, 0.15) is 44.4 Å². The van der Waals surface area contributed by atoms with Gasteiger partial charge in [-0.2, -0.15) is 26.3 Å². The van der Waals surface area contributed by atoms with Gasteiger partial charge < -0.3 is 10.2 Å². The first-order valence-electron chi connectivity index (χ1n) is 12.4. The van der Waals surface area contributed by atoms with E-state index in [0.29, 0.717) is 28.3 Å². The van der Waals surface area contributed by atoms with E-state index < -0.39 is 40.4 Å². The second-order valence-electron chi connectivity index (χ2n) is 10.1. The summed E-state index contributed by atoms with van der Waals surface area (Å²) in [6.07, 6.45) is -8.81. The largest absolute Gasteiger partial charge is 0.416 e. The molecule has 0 spiro atoms. The maximum atomic E-state index is 13.5. The molecule has 0 atom stereocenters. The van der Waals surface area contributed by atoms with Crippen molar-refractivity contribution in [1.29, 1.82) is 0 Å². The molecule has 1 N–H and O–H groups in total. The number of carbonyl (C=O) groups excluding carboxylic acids is 2. The molecule has 0 saturated carbocycles. The Labute approximate surface area is 249 Å². The first-order chi connectivity index (χ1) is 19.2. The number of hydrogen-bond acceptors (Lipinski definition) is 3. The van der Waals surface area contributed by atoms with Crippen LogP contribution in [0.5, 0.6) is 0 Å². The maximum Gasteiger partial charge on any atom is 0.416 e. The number of alkyl halides is 6. The van der Waals surface area contributed by atoms with E-state index in [4.69, 9.17) is 23.2 Å². The molecule has 5 nitrogen and oxygen atoms in total. The Morgan fingerprint density at radius 2 is 1.36 bits per heavy atom. The summed E-state index contributed by atoms with van der Waals surface area (Å²) in [5.74, 6) is -0.563. The van der Waals surface area contributed by atoms with Crippen molar-refractivity contribution >= 4 is 40.7 Å². The first-order valence-corrected chi connectivity index (χ1v) is 13.2. The number of aromatic nitrogens is 1. The fraction of sp³-hybridized carbons (Fsp3) is 0.345. The highest BCUT2D eigenvalue weighted by atomic mass is 35.5. The van der Waals surface area contributed by atoms with Crippen molar-refractivity contribution < 1.29 is 35.9 Å².